The minimum atomic E-state index is 0.296. The van der Waals surface area contributed by atoms with Crippen molar-refractivity contribution in [2.75, 3.05) is 0 Å². The average molecular weight is 162 g/mol. The summed E-state index contributed by atoms with van der Waals surface area (Å²) in [4.78, 5) is 11.3. The molecule has 0 aromatic carbocycles. The van der Waals surface area contributed by atoms with Gasteiger partial charge in [-0.3, -0.25) is 4.79 Å². The Balaban J connectivity index is 2.85. The topological polar surface area (TPSA) is 17.1 Å². The van der Waals surface area contributed by atoms with E-state index in [0.29, 0.717) is 5.78 Å². The summed E-state index contributed by atoms with van der Waals surface area (Å²) in [6.45, 7) is 5.50. The number of allylic oxidation sites excluding steroid dienone is 5. The minimum absolute atomic E-state index is 0.296. The van der Waals surface area contributed by atoms with Gasteiger partial charge in [0.1, 0.15) is 0 Å². The van der Waals surface area contributed by atoms with E-state index in [9.17, 15) is 4.79 Å². The molecule has 12 heavy (non-hydrogen) atoms. The van der Waals surface area contributed by atoms with Gasteiger partial charge in [-0.15, -0.1) is 0 Å². The number of hydrogen-bond acceptors (Lipinski definition) is 1. The zero-order chi connectivity index (χ0) is 8.97. The van der Waals surface area contributed by atoms with Crippen molar-refractivity contribution in [1.29, 1.82) is 0 Å². The highest BCUT2D eigenvalue weighted by Crippen LogP contribution is 2.22. The largest absolute Gasteiger partial charge is 0.295 e. The van der Waals surface area contributed by atoms with Crippen LogP contribution >= 0.6 is 0 Å². The number of Topliss-reactive ketones (excluding diaryl/α,β-unsaturated/α-hetero) is 1. The first-order valence-electron chi connectivity index (χ1n) is 4.27. The maximum absolute atomic E-state index is 11.3. The summed E-state index contributed by atoms with van der Waals surface area (Å²) in [6, 6.07) is 0. The highest BCUT2D eigenvalue weighted by atomic mass is 16.1. The zero-order valence-corrected chi connectivity index (χ0v) is 7.47. The van der Waals surface area contributed by atoms with E-state index in [-0.39, 0.29) is 0 Å². The Morgan fingerprint density at radius 3 is 2.83 bits per heavy atom. The normalized spacial score (nSPS) is 18.9. The predicted molar refractivity (Wildman–Crippen MR) is 50.9 cm³/mol. The molecule has 1 aliphatic carbocycles. The molecule has 0 aliphatic heterocycles. The van der Waals surface area contributed by atoms with Gasteiger partial charge in [-0.2, -0.15) is 0 Å². The van der Waals surface area contributed by atoms with E-state index < -0.39 is 0 Å². The Hall–Kier alpha value is -1.11. The van der Waals surface area contributed by atoms with Gasteiger partial charge in [0.25, 0.3) is 0 Å². The highest BCUT2D eigenvalue weighted by Gasteiger charge is 2.13. The summed E-state index contributed by atoms with van der Waals surface area (Å²) in [7, 11) is 0. The lowest BCUT2D eigenvalue weighted by molar-refractivity contribution is -0.116. The molecule has 1 aliphatic rings. The van der Waals surface area contributed by atoms with E-state index in [4.69, 9.17) is 0 Å². The zero-order valence-electron chi connectivity index (χ0n) is 7.47. The quantitative estimate of drug-likeness (QED) is 0.570. The van der Waals surface area contributed by atoms with E-state index in [1.54, 1.807) is 6.08 Å². The molecule has 0 unspecified atom stereocenters. The molecule has 0 bridgehead atoms. The Labute approximate surface area is 73.5 Å². The number of hydrogen-bond donors (Lipinski definition) is 0. The summed E-state index contributed by atoms with van der Waals surface area (Å²) in [6.07, 6.45) is 8.35. The minimum Gasteiger partial charge on any atom is -0.295 e. The van der Waals surface area contributed by atoms with E-state index in [2.05, 4.69) is 6.58 Å². The van der Waals surface area contributed by atoms with E-state index in [0.717, 1.165) is 24.8 Å². The number of carbonyl (C=O) groups is 1. The van der Waals surface area contributed by atoms with Crippen molar-refractivity contribution < 1.29 is 4.79 Å². The Morgan fingerprint density at radius 1 is 1.42 bits per heavy atom. The molecule has 0 heterocycles. The third kappa shape index (κ3) is 1.94. The van der Waals surface area contributed by atoms with Gasteiger partial charge in [0, 0.05) is 6.42 Å². The summed E-state index contributed by atoms with van der Waals surface area (Å²) in [5, 5.41) is 0. The molecule has 0 fully saturated rings. The molecule has 0 aromatic heterocycles. The van der Waals surface area contributed by atoms with Crippen molar-refractivity contribution in [3.63, 3.8) is 0 Å². The molecule has 0 N–H and O–H groups in total. The van der Waals surface area contributed by atoms with Crippen LogP contribution in [0.3, 0.4) is 0 Å². The Bertz CT molecular complexity index is 256. The smallest absolute Gasteiger partial charge is 0.158 e. The molecular weight excluding hydrogens is 148 g/mol. The van der Waals surface area contributed by atoms with Crippen LogP contribution < -0.4 is 0 Å². The summed E-state index contributed by atoms with van der Waals surface area (Å²) in [5.74, 6) is 0.296. The van der Waals surface area contributed by atoms with Gasteiger partial charge >= 0.3 is 0 Å². The maximum Gasteiger partial charge on any atom is 0.158 e. The van der Waals surface area contributed by atoms with E-state index in [1.165, 1.54) is 5.57 Å². The van der Waals surface area contributed by atoms with Crippen molar-refractivity contribution >= 4 is 5.78 Å². The van der Waals surface area contributed by atoms with Crippen LogP contribution in [0.2, 0.25) is 0 Å². The predicted octanol–water partition coefficient (Wildman–Crippen LogP) is 2.80. The van der Waals surface area contributed by atoms with E-state index in [1.807, 2.05) is 19.1 Å². The molecule has 0 amide bonds. The molecule has 0 radical (unpaired) electrons. The van der Waals surface area contributed by atoms with Gasteiger partial charge in [-0.1, -0.05) is 24.8 Å². The standard InChI is InChI=1S/C11H14O/c1-3-4-6-10-7-5-8-11(12)9(10)2/h3-4,6H,1,5,7-8H2,2H3/b6-4+. The molecule has 1 heteroatoms. The molecule has 0 spiro atoms. The van der Waals surface area contributed by atoms with E-state index >= 15 is 0 Å². The lowest BCUT2D eigenvalue weighted by atomic mass is 9.91. The van der Waals surface area contributed by atoms with Crippen LogP contribution in [0.5, 0.6) is 0 Å². The van der Waals surface area contributed by atoms with Crippen molar-refractivity contribution in [2.45, 2.75) is 26.2 Å². The SMILES string of the molecule is C=C/C=C/C1=C(C)C(=O)CCC1. The van der Waals surface area contributed by atoms with Gasteiger partial charge in [0.2, 0.25) is 0 Å². The van der Waals surface area contributed by atoms with Crippen LogP contribution in [0.1, 0.15) is 26.2 Å². The van der Waals surface area contributed by atoms with Crippen molar-refractivity contribution in [3.05, 3.63) is 36.0 Å². The van der Waals surface area contributed by atoms with Gasteiger partial charge in [-0.25, -0.2) is 0 Å². The Morgan fingerprint density at radius 2 is 2.17 bits per heavy atom. The molecule has 0 saturated heterocycles. The first-order valence-corrected chi connectivity index (χ1v) is 4.27. The number of ketones is 1. The second kappa shape index (κ2) is 4.05. The highest BCUT2D eigenvalue weighted by molar-refractivity contribution is 5.96. The third-order valence-corrected chi connectivity index (χ3v) is 2.18. The van der Waals surface area contributed by atoms with Crippen LogP contribution in [0, 0.1) is 0 Å². The van der Waals surface area contributed by atoms with Crippen LogP contribution in [0.25, 0.3) is 0 Å². The fourth-order valence-electron chi connectivity index (χ4n) is 1.39. The first-order chi connectivity index (χ1) is 5.75. The second-order valence-corrected chi connectivity index (χ2v) is 3.02. The molecule has 0 saturated carbocycles. The van der Waals surface area contributed by atoms with Crippen molar-refractivity contribution in [3.8, 4) is 0 Å². The Kier molecular flexibility index (Phi) is 3.03. The lowest BCUT2D eigenvalue weighted by Crippen LogP contribution is -2.07. The van der Waals surface area contributed by atoms with Gasteiger partial charge in [-0.05, 0) is 30.9 Å². The van der Waals surface area contributed by atoms with Gasteiger partial charge in [0.05, 0.1) is 0 Å². The molecule has 0 atom stereocenters. The fraction of sp³-hybridized carbons (Fsp3) is 0.364. The summed E-state index contributed by atoms with van der Waals surface area (Å²) >= 11 is 0. The number of rotatable bonds is 2. The average Bonchev–Trinajstić information content (AvgIpc) is 2.08. The fourth-order valence-corrected chi connectivity index (χ4v) is 1.39. The molecular formula is C11H14O. The van der Waals surface area contributed by atoms with Crippen LogP contribution in [0.4, 0.5) is 0 Å². The lowest BCUT2D eigenvalue weighted by Gasteiger charge is -2.12. The molecule has 1 rings (SSSR count). The summed E-state index contributed by atoms with van der Waals surface area (Å²) in [5.41, 5.74) is 2.10. The van der Waals surface area contributed by atoms with Crippen LogP contribution in [0.15, 0.2) is 36.0 Å². The molecule has 64 valence electrons. The maximum atomic E-state index is 11.3. The first kappa shape index (κ1) is 8.98. The van der Waals surface area contributed by atoms with Crippen LogP contribution in [-0.2, 0) is 4.79 Å². The molecule has 0 aromatic rings. The third-order valence-electron chi connectivity index (χ3n) is 2.18. The monoisotopic (exact) mass is 162 g/mol. The number of carbonyl (C=O) groups excluding carboxylic acids is 1. The van der Waals surface area contributed by atoms with Crippen molar-refractivity contribution in [1.82, 2.24) is 0 Å². The second-order valence-electron chi connectivity index (χ2n) is 3.02. The molecule has 1 nitrogen and oxygen atoms in total. The summed E-state index contributed by atoms with van der Waals surface area (Å²) < 4.78 is 0. The van der Waals surface area contributed by atoms with Gasteiger partial charge in [0.15, 0.2) is 5.78 Å². The van der Waals surface area contributed by atoms with Crippen molar-refractivity contribution in [2.24, 2.45) is 0 Å². The van der Waals surface area contributed by atoms with Gasteiger partial charge < -0.3 is 0 Å². The van der Waals surface area contributed by atoms with Crippen LogP contribution in [-0.4, -0.2) is 5.78 Å².